The monoisotopic (exact) mass is 449 g/mol. The molecule has 0 unspecified atom stereocenters. The van der Waals surface area contributed by atoms with Gasteiger partial charge in [0.2, 0.25) is 0 Å². The Hall–Kier alpha value is -3.46. The van der Waals surface area contributed by atoms with E-state index in [2.05, 4.69) is 5.32 Å². The smallest absolute Gasteiger partial charge is 0.418 e. The Bertz CT molecular complexity index is 1090. The predicted octanol–water partition coefficient (Wildman–Crippen LogP) is 5.63. The number of alkyl halides is 3. The van der Waals surface area contributed by atoms with Gasteiger partial charge in [-0.1, -0.05) is 30.3 Å². The summed E-state index contributed by atoms with van der Waals surface area (Å²) in [6, 6.07) is 13.3. The minimum atomic E-state index is -4.65. The van der Waals surface area contributed by atoms with Crippen LogP contribution in [0.25, 0.3) is 11.6 Å². The van der Waals surface area contributed by atoms with E-state index in [-0.39, 0.29) is 5.57 Å². The number of hydrogen-bond acceptors (Lipinski definition) is 4. The van der Waals surface area contributed by atoms with Gasteiger partial charge >= 0.3 is 12.1 Å². The number of esters is 1. The molecule has 1 amide bonds. The van der Waals surface area contributed by atoms with E-state index in [1.807, 2.05) is 0 Å². The highest BCUT2D eigenvalue weighted by molar-refractivity contribution is 7.11. The molecule has 0 fully saturated rings. The van der Waals surface area contributed by atoms with Gasteiger partial charge in [0, 0.05) is 4.88 Å². The third-order valence-corrected chi connectivity index (χ3v) is 4.93. The zero-order valence-electron chi connectivity index (χ0n) is 15.8. The maximum absolute atomic E-state index is 13.1. The summed E-state index contributed by atoms with van der Waals surface area (Å²) in [5, 5.41) is 3.85. The first-order chi connectivity index (χ1) is 14.7. The molecule has 3 rings (SSSR count). The van der Waals surface area contributed by atoms with Gasteiger partial charge in [0.05, 0.1) is 16.8 Å². The minimum Gasteiger partial charge on any atom is -0.452 e. The summed E-state index contributed by atoms with van der Waals surface area (Å²) in [7, 11) is 0. The molecular formula is C22H15F4NO3S. The van der Waals surface area contributed by atoms with Gasteiger partial charge in [-0.05, 0) is 47.4 Å². The summed E-state index contributed by atoms with van der Waals surface area (Å²) >= 11 is 1.25. The van der Waals surface area contributed by atoms with Crippen molar-refractivity contribution < 1.29 is 31.9 Å². The van der Waals surface area contributed by atoms with Crippen molar-refractivity contribution in [3.05, 3.63) is 87.9 Å². The summed E-state index contributed by atoms with van der Waals surface area (Å²) < 4.78 is 57.3. The molecule has 0 saturated heterocycles. The fourth-order valence-electron chi connectivity index (χ4n) is 2.62. The van der Waals surface area contributed by atoms with Gasteiger partial charge < -0.3 is 10.1 Å². The molecule has 2 aromatic carbocycles. The lowest BCUT2D eigenvalue weighted by Crippen LogP contribution is -2.23. The number of halogens is 4. The van der Waals surface area contributed by atoms with Crippen molar-refractivity contribution in [3.8, 4) is 0 Å². The molecule has 31 heavy (non-hydrogen) atoms. The summed E-state index contributed by atoms with van der Waals surface area (Å²) in [4.78, 5) is 25.2. The molecule has 1 N–H and O–H groups in total. The SMILES string of the molecule is O=C(COC(=O)/C(=C/c1ccc(F)cc1)c1cccs1)Nc1ccccc1C(F)(F)F. The number of thiophene rings is 1. The van der Waals surface area contributed by atoms with Crippen molar-refractivity contribution >= 4 is 40.5 Å². The molecule has 0 aliphatic carbocycles. The molecule has 0 bridgehead atoms. The Kier molecular flexibility index (Phi) is 6.86. The van der Waals surface area contributed by atoms with Crippen molar-refractivity contribution in [1.29, 1.82) is 0 Å². The number of nitrogens with one attached hydrogen (secondary N) is 1. The largest absolute Gasteiger partial charge is 0.452 e. The molecule has 0 radical (unpaired) electrons. The summed E-state index contributed by atoms with van der Waals surface area (Å²) in [5.41, 5.74) is -0.781. The van der Waals surface area contributed by atoms with Crippen molar-refractivity contribution in [2.45, 2.75) is 6.18 Å². The third kappa shape index (κ3) is 6.02. The molecule has 0 saturated carbocycles. The fraction of sp³-hybridized carbons (Fsp3) is 0.0909. The highest BCUT2D eigenvalue weighted by Gasteiger charge is 2.33. The highest BCUT2D eigenvalue weighted by atomic mass is 32.1. The molecule has 4 nitrogen and oxygen atoms in total. The van der Waals surface area contributed by atoms with Crippen LogP contribution in [-0.2, 0) is 20.5 Å². The number of amides is 1. The topological polar surface area (TPSA) is 55.4 Å². The Morgan fingerprint density at radius 3 is 2.35 bits per heavy atom. The molecule has 160 valence electrons. The van der Waals surface area contributed by atoms with Crippen molar-refractivity contribution in [2.75, 3.05) is 11.9 Å². The second kappa shape index (κ2) is 9.57. The molecule has 3 aromatic rings. The van der Waals surface area contributed by atoms with Crippen LogP contribution in [0.5, 0.6) is 0 Å². The maximum atomic E-state index is 13.1. The number of ether oxygens (including phenoxy) is 1. The normalized spacial score (nSPS) is 11.8. The van der Waals surface area contributed by atoms with E-state index in [1.165, 1.54) is 53.8 Å². The van der Waals surface area contributed by atoms with E-state index in [4.69, 9.17) is 4.74 Å². The first-order valence-electron chi connectivity index (χ1n) is 8.88. The summed E-state index contributed by atoms with van der Waals surface area (Å²) in [5.74, 6) is -2.20. The van der Waals surface area contributed by atoms with E-state index in [1.54, 1.807) is 17.5 Å². The predicted molar refractivity (Wildman–Crippen MR) is 110 cm³/mol. The van der Waals surface area contributed by atoms with Crippen LogP contribution >= 0.6 is 11.3 Å². The average Bonchev–Trinajstić information content (AvgIpc) is 3.26. The Balaban J connectivity index is 1.72. The molecule has 1 heterocycles. The van der Waals surface area contributed by atoms with Crippen LogP contribution < -0.4 is 5.32 Å². The molecule has 0 aliphatic heterocycles. The molecule has 1 aromatic heterocycles. The van der Waals surface area contributed by atoms with E-state index in [0.717, 1.165) is 12.1 Å². The molecule has 0 atom stereocenters. The van der Waals surface area contributed by atoms with Crippen LogP contribution in [0.2, 0.25) is 0 Å². The van der Waals surface area contributed by atoms with Gasteiger partial charge in [0.25, 0.3) is 5.91 Å². The Morgan fingerprint density at radius 1 is 1.00 bits per heavy atom. The molecule has 9 heteroatoms. The molecular weight excluding hydrogens is 434 g/mol. The lowest BCUT2D eigenvalue weighted by Gasteiger charge is -2.13. The van der Waals surface area contributed by atoms with Crippen LogP contribution in [0.4, 0.5) is 23.2 Å². The number of para-hydroxylation sites is 1. The summed E-state index contributed by atoms with van der Waals surface area (Å²) in [6.45, 7) is -0.781. The van der Waals surface area contributed by atoms with E-state index in [9.17, 15) is 27.2 Å². The molecule has 0 spiro atoms. The Labute approximate surface area is 178 Å². The van der Waals surface area contributed by atoms with Gasteiger partial charge in [-0.2, -0.15) is 13.2 Å². The van der Waals surface area contributed by atoms with Gasteiger partial charge in [-0.25, -0.2) is 9.18 Å². The fourth-order valence-corrected chi connectivity index (χ4v) is 3.35. The Morgan fingerprint density at radius 2 is 1.71 bits per heavy atom. The lowest BCUT2D eigenvalue weighted by atomic mass is 10.1. The zero-order valence-corrected chi connectivity index (χ0v) is 16.6. The number of benzene rings is 2. The van der Waals surface area contributed by atoms with Gasteiger partial charge in [0.15, 0.2) is 6.61 Å². The number of anilines is 1. The van der Waals surface area contributed by atoms with Gasteiger partial charge in [0.1, 0.15) is 5.82 Å². The lowest BCUT2D eigenvalue weighted by molar-refractivity contribution is -0.141. The quantitative estimate of drug-likeness (QED) is 0.302. The van der Waals surface area contributed by atoms with Crippen LogP contribution in [0.15, 0.2) is 66.0 Å². The van der Waals surface area contributed by atoms with Crippen LogP contribution in [0, 0.1) is 5.82 Å². The van der Waals surface area contributed by atoms with E-state index in [0.29, 0.717) is 10.4 Å². The van der Waals surface area contributed by atoms with E-state index < -0.39 is 41.7 Å². The number of carbonyl (C=O) groups is 2. The minimum absolute atomic E-state index is 0.130. The second-order valence-electron chi connectivity index (χ2n) is 6.25. The first-order valence-corrected chi connectivity index (χ1v) is 9.76. The number of hydrogen-bond donors (Lipinski definition) is 1. The first kappa shape index (κ1) is 22.2. The average molecular weight is 449 g/mol. The van der Waals surface area contributed by atoms with Crippen molar-refractivity contribution in [1.82, 2.24) is 0 Å². The third-order valence-electron chi connectivity index (χ3n) is 4.03. The number of carbonyl (C=O) groups excluding carboxylic acids is 2. The standard InChI is InChI=1S/C22H15F4NO3S/c23-15-9-7-14(8-10-15)12-16(19-6-3-11-31-19)21(29)30-13-20(28)27-18-5-2-1-4-17(18)22(24,25)26/h1-12H,13H2,(H,27,28)/b16-12+. The van der Waals surface area contributed by atoms with Crippen LogP contribution in [0.1, 0.15) is 16.0 Å². The van der Waals surface area contributed by atoms with Gasteiger partial charge in [-0.3, -0.25) is 4.79 Å². The second-order valence-corrected chi connectivity index (χ2v) is 7.20. The van der Waals surface area contributed by atoms with Crippen molar-refractivity contribution in [3.63, 3.8) is 0 Å². The summed E-state index contributed by atoms with van der Waals surface area (Å²) in [6.07, 6.45) is -3.17. The highest BCUT2D eigenvalue weighted by Crippen LogP contribution is 2.34. The molecule has 0 aliphatic rings. The van der Waals surface area contributed by atoms with Crippen LogP contribution in [0.3, 0.4) is 0 Å². The number of rotatable bonds is 6. The van der Waals surface area contributed by atoms with Crippen molar-refractivity contribution in [2.24, 2.45) is 0 Å². The van der Waals surface area contributed by atoms with E-state index >= 15 is 0 Å². The van der Waals surface area contributed by atoms with Gasteiger partial charge in [-0.15, -0.1) is 11.3 Å². The van der Waals surface area contributed by atoms with Crippen LogP contribution in [-0.4, -0.2) is 18.5 Å². The zero-order chi connectivity index (χ0) is 22.4. The maximum Gasteiger partial charge on any atom is 0.418 e.